The molecule has 11 heavy (non-hydrogen) atoms. The van der Waals surface area contributed by atoms with Crippen molar-refractivity contribution in [2.45, 2.75) is 31.3 Å². The number of nitrogens with two attached hydrogens (primary N) is 1. The number of hydrogen-bond acceptors (Lipinski definition) is 5. The van der Waals surface area contributed by atoms with Gasteiger partial charge in [0.1, 0.15) is 12.3 Å². The zero-order valence-electron chi connectivity index (χ0n) is 6.23. The van der Waals surface area contributed by atoms with E-state index in [9.17, 15) is 5.11 Å². The Bertz CT molecular complexity index is 125. The molecule has 1 saturated heterocycles. The van der Waals surface area contributed by atoms with Crippen LogP contribution in [0.1, 0.15) is 12.8 Å². The highest BCUT2D eigenvalue weighted by molar-refractivity contribution is 7.78. The lowest BCUT2D eigenvalue weighted by molar-refractivity contribution is 0.125. The average molecular weight is 178 g/mol. The van der Waals surface area contributed by atoms with Gasteiger partial charge in [-0.3, -0.25) is 0 Å². The van der Waals surface area contributed by atoms with E-state index in [0.29, 0.717) is 13.0 Å². The highest BCUT2D eigenvalue weighted by Crippen LogP contribution is 2.25. The summed E-state index contributed by atoms with van der Waals surface area (Å²) in [6, 6.07) is 0. The molecule has 0 aliphatic carbocycles. The Hall–Kier alpha value is 0.190. The zero-order chi connectivity index (χ0) is 8.27. The summed E-state index contributed by atoms with van der Waals surface area (Å²) >= 11 is 3.81. The van der Waals surface area contributed by atoms with Crippen molar-refractivity contribution in [1.82, 2.24) is 4.72 Å². The lowest BCUT2D eigenvalue weighted by Gasteiger charge is -2.04. The van der Waals surface area contributed by atoms with Crippen molar-refractivity contribution < 1.29 is 9.84 Å². The molecule has 0 aromatic rings. The smallest absolute Gasteiger partial charge is 0.146 e. The first-order valence-electron chi connectivity index (χ1n) is 3.73. The van der Waals surface area contributed by atoms with Gasteiger partial charge in [-0.1, -0.05) is 12.8 Å². The number of ether oxygens (including phenoxy) is 1. The van der Waals surface area contributed by atoms with Crippen LogP contribution in [0.4, 0.5) is 0 Å². The van der Waals surface area contributed by atoms with E-state index in [1.807, 2.05) is 0 Å². The van der Waals surface area contributed by atoms with Gasteiger partial charge >= 0.3 is 0 Å². The Labute approximate surface area is 71.6 Å². The predicted octanol–water partition coefficient (Wildman–Crippen LogP) is -0.754. The molecule has 66 valence electrons. The van der Waals surface area contributed by atoms with Crippen molar-refractivity contribution in [3.8, 4) is 0 Å². The molecule has 0 aromatic heterocycles. The lowest BCUT2D eigenvalue weighted by atomic mass is 10.1. The van der Waals surface area contributed by atoms with Crippen LogP contribution in [0, 0.1) is 0 Å². The van der Waals surface area contributed by atoms with Crippen molar-refractivity contribution >= 4 is 12.8 Å². The number of hydrogen-bond donors (Lipinski definition) is 4. The average Bonchev–Trinajstić information content (AvgIpc) is 2.78. The molecule has 1 rings (SSSR count). The second-order valence-electron chi connectivity index (χ2n) is 2.65. The second-order valence-corrected chi connectivity index (χ2v) is 2.91. The first kappa shape index (κ1) is 9.28. The summed E-state index contributed by atoms with van der Waals surface area (Å²) in [5.74, 6) is 0. The van der Waals surface area contributed by atoms with Crippen LogP contribution < -0.4 is 10.5 Å². The molecule has 1 heterocycles. The minimum absolute atomic E-state index is 0.0777. The molecule has 0 amide bonds. The van der Waals surface area contributed by atoms with Crippen LogP contribution in [0.5, 0.6) is 0 Å². The van der Waals surface area contributed by atoms with Gasteiger partial charge < -0.3 is 15.6 Å². The van der Waals surface area contributed by atoms with Crippen LogP contribution >= 0.6 is 12.8 Å². The molecule has 1 aliphatic rings. The summed E-state index contributed by atoms with van der Waals surface area (Å²) in [6.45, 7) is 0.614. The van der Waals surface area contributed by atoms with Crippen LogP contribution in [0.2, 0.25) is 0 Å². The van der Waals surface area contributed by atoms with Gasteiger partial charge in [-0.15, -0.1) is 0 Å². The maximum atomic E-state index is 9.37. The van der Waals surface area contributed by atoms with Crippen LogP contribution in [0.3, 0.4) is 0 Å². The summed E-state index contributed by atoms with van der Waals surface area (Å²) in [4.78, 5) is 0. The summed E-state index contributed by atoms with van der Waals surface area (Å²) in [5.41, 5.74) is 5.28. The van der Waals surface area contributed by atoms with Crippen LogP contribution in [0.15, 0.2) is 0 Å². The van der Waals surface area contributed by atoms with Crippen molar-refractivity contribution in [3.63, 3.8) is 0 Å². The number of thiol groups is 1. The van der Waals surface area contributed by atoms with E-state index in [2.05, 4.69) is 17.5 Å². The van der Waals surface area contributed by atoms with Crippen molar-refractivity contribution in [2.24, 2.45) is 5.73 Å². The summed E-state index contributed by atoms with van der Waals surface area (Å²) < 4.78 is 7.67. The van der Waals surface area contributed by atoms with E-state index in [0.717, 1.165) is 6.42 Å². The molecule has 0 spiro atoms. The van der Waals surface area contributed by atoms with E-state index >= 15 is 0 Å². The molecular formula is C6H14N2O2S. The molecule has 5 heteroatoms. The highest BCUT2D eigenvalue weighted by atomic mass is 32.1. The SMILES string of the molecule is NCCCC(O)C1OC1NS. The van der Waals surface area contributed by atoms with Gasteiger partial charge in [0.2, 0.25) is 0 Å². The molecule has 4 N–H and O–H groups in total. The lowest BCUT2D eigenvalue weighted by Crippen LogP contribution is -2.21. The van der Waals surface area contributed by atoms with Gasteiger partial charge in [-0.05, 0) is 19.4 Å². The molecular weight excluding hydrogens is 164 g/mol. The highest BCUT2D eigenvalue weighted by Gasteiger charge is 2.43. The Balaban J connectivity index is 2.07. The number of nitrogens with one attached hydrogen (secondary N) is 1. The normalized spacial score (nSPS) is 31.9. The van der Waals surface area contributed by atoms with Gasteiger partial charge in [-0.2, -0.15) is 0 Å². The van der Waals surface area contributed by atoms with Gasteiger partial charge in [0.25, 0.3) is 0 Å². The molecule has 4 nitrogen and oxygen atoms in total. The number of rotatable bonds is 5. The predicted molar refractivity (Wildman–Crippen MR) is 45.1 cm³/mol. The fourth-order valence-electron chi connectivity index (χ4n) is 1.01. The summed E-state index contributed by atoms with van der Waals surface area (Å²) in [7, 11) is 0. The first-order valence-corrected chi connectivity index (χ1v) is 4.17. The number of epoxide rings is 1. The standard InChI is InChI=1S/C6H14N2O2S/c7-3-1-2-4(9)5-6(8-11)10-5/h4-6,8-9,11H,1-3,7H2. The molecule has 3 atom stereocenters. The topological polar surface area (TPSA) is 70.8 Å². The summed E-state index contributed by atoms with van der Waals surface area (Å²) in [5, 5.41) is 9.37. The Kier molecular flexibility index (Phi) is 3.61. The fourth-order valence-corrected chi connectivity index (χ4v) is 1.22. The van der Waals surface area contributed by atoms with Crippen LogP contribution in [-0.4, -0.2) is 30.1 Å². The summed E-state index contributed by atoms with van der Waals surface area (Å²) in [6.07, 6.45) is 0.973. The van der Waals surface area contributed by atoms with Gasteiger partial charge in [0, 0.05) is 0 Å². The fraction of sp³-hybridized carbons (Fsp3) is 1.00. The number of aliphatic hydroxyl groups is 1. The zero-order valence-corrected chi connectivity index (χ0v) is 7.13. The third-order valence-corrected chi connectivity index (χ3v) is 1.99. The maximum Gasteiger partial charge on any atom is 0.146 e. The van der Waals surface area contributed by atoms with E-state index < -0.39 is 6.10 Å². The minimum Gasteiger partial charge on any atom is -0.390 e. The molecule has 1 aliphatic heterocycles. The van der Waals surface area contributed by atoms with E-state index in [1.54, 1.807) is 0 Å². The number of aliphatic hydroxyl groups excluding tert-OH is 1. The molecule has 0 radical (unpaired) electrons. The Morgan fingerprint density at radius 2 is 2.45 bits per heavy atom. The molecule has 0 saturated carbocycles. The third kappa shape index (κ3) is 2.61. The minimum atomic E-state index is -0.400. The largest absolute Gasteiger partial charge is 0.390 e. The second kappa shape index (κ2) is 4.27. The molecule has 0 bridgehead atoms. The van der Waals surface area contributed by atoms with Gasteiger partial charge in [-0.25, -0.2) is 4.72 Å². The quantitative estimate of drug-likeness (QED) is 0.330. The Morgan fingerprint density at radius 3 is 2.91 bits per heavy atom. The van der Waals surface area contributed by atoms with Crippen LogP contribution in [-0.2, 0) is 4.74 Å². The van der Waals surface area contributed by atoms with E-state index in [4.69, 9.17) is 10.5 Å². The van der Waals surface area contributed by atoms with Gasteiger partial charge in [0.05, 0.1) is 6.10 Å². The maximum absolute atomic E-state index is 9.37. The third-order valence-electron chi connectivity index (χ3n) is 1.74. The first-order chi connectivity index (χ1) is 5.29. The van der Waals surface area contributed by atoms with E-state index in [1.165, 1.54) is 0 Å². The molecule has 1 fully saturated rings. The van der Waals surface area contributed by atoms with Crippen molar-refractivity contribution in [1.29, 1.82) is 0 Å². The van der Waals surface area contributed by atoms with Crippen molar-refractivity contribution in [3.05, 3.63) is 0 Å². The monoisotopic (exact) mass is 178 g/mol. The molecule has 3 unspecified atom stereocenters. The Morgan fingerprint density at radius 1 is 1.73 bits per heavy atom. The van der Waals surface area contributed by atoms with Crippen LogP contribution in [0.25, 0.3) is 0 Å². The molecule has 0 aromatic carbocycles. The van der Waals surface area contributed by atoms with Crippen molar-refractivity contribution in [2.75, 3.05) is 6.54 Å². The van der Waals surface area contributed by atoms with Gasteiger partial charge in [0.15, 0.2) is 0 Å². The van der Waals surface area contributed by atoms with E-state index in [-0.39, 0.29) is 12.3 Å².